The van der Waals surface area contributed by atoms with Gasteiger partial charge in [-0.15, -0.1) is 0 Å². The minimum atomic E-state index is -2.74. The van der Waals surface area contributed by atoms with Crippen LogP contribution >= 0.6 is 0 Å². The van der Waals surface area contributed by atoms with E-state index in [1.54, 1.807) is 21.9 Å². The average molecular weight is 364 g/mol. The number of piperazine rings is 1. The molecule has 1 fully saturated rings. The molecule has 9 nitrogen and oxygen atoms in total. The summed E-state index contributed by atoms with van der Waals surface area (Å²) in [7, 11) is -2.74. The van der Waals surface area contributed by atoms with Crippen LogP contribution in [0.2, 0.25) is 0 Å². The van der Waals surface area contributed by atoms with Crippen molar-refractivity contribution in [3.05, 3.63) is 47.9 Å². The van der Waals surface area contributed by atoms with Gasteiger partial charge in [0, 0.05) is 43.5 Å². The molecule has 2 amide bonds. The van der Waals surface area contributed by atoms with Crippen LogP contribution in [0.3, 0.4) is 0 Å². The molecule has 10 heteroatoms. The van der Waals surface area contributed by atoms with Crippen LogP contribution in [0, 0.1) is 0 Å². The highest BCUT2D eigenvalue weighted by Crippen LogP contribution is 2.14. The van der Waals surface area contributed by atoms with Gasteiger partial charge in [-0.05, 0) is 24.3 Å². The normalized spacial score (nSPS) is 14.6. The molecule has 0 atom stereocenters. The summed E-state index contributed by atoms with van der Waals surface area (Å²) in [5, 5.41) is 3.52. The number of carbonyl (C=O) groups excluding carboxylic acids is 2. The number of nitrogens with one attached hydrogen (secondary N) is 1. The topological polar surface area (TPSA) is 113 Å². The zero-order valence-electron chi connectivity index (χ0n) is 13.1. The highest BCUT2D eigenvalue weighted by atomic mass is 32.2. The quantitative estimate of drug-likeness (QED) is 0.750. The first-order chi connectivity index (χ1) is 12.0. The maximum Gasteiger partial charge on any atom is 0.292 e. The molecule has 1 aromatic carbocycles. The van der Waals surface area contributed by atoms with Crippen LogP contribution in [0.25, 0.3) is 0 Å². The van der Waals surface area contributed by atoms with Gasteiger partial charge in [0.1, 0.15) is 0 Å². The number of thiol groups is 1. The lowest BCUT2D eigenvalue weighted by Crippen LogP contribution is -2.50. The van der Waals surface area contributed by atoms with Gasteiger partial charge in [-0.1, -0.05) is 5.16 Å². The second-order valence-corrected chi connectivity index (χ2v) is 6.15. The van der Waals surface area contributed by atoms with Crippen LogP contribution in [0.5, 0.6) is 0 Å². The lowest BCUT2D eigenvalue weighted by molar-refractivity contribution is 0.0513. The monoisotopic (exact) mass is 364 g/mol. The predicted molar refractivity (Wildman–Crippen MR) is 88.7 cm³/mol. The summed E-state index contributed by atoms with van der Waals surface area (Å²) in [5.41, 5.74) is 0.858. The number of hydrogen-bond donors (Lipinski definition) is 2. The van der Waals surface area contributed by atoms with Crippen LogP contribution in [0.15, 0.2) is 41.1 Å². The van der Waals surface area contributed by atoms with Crippen LogP contribution < -0.4 is 4.72 Å². The number of hydrogen-bond acceptors (Lipinski definition) is 6. The van der Waals surface area contributed by atoms with Gasteiger partial charge in [0.05, 0.1) is 6.20 Å². The SMILES string of the molecule is O=C(c1ccc(N[SH](=O)=O)cc1)N1CCN(C(=O)c2ccno2)CC1. The molecule has 0 radical (unpaired) electrons. The first kappa shape index (κ1) is 17.0. The van der Waals surface area contributed by atoms with Crippen molar-refractivity contribution in [2.24, 2.45) is 0 Å². The van der Waals surface area contributed by atoms with Crippen LogP contribution in [-0.4, -0.2) is 61.4 Å². The molecule has 0 saturated carbocycles. The third kappa shape index (κ3) is 3.97. The van der Waals surface area contributed by atoms with E-state index in [-0.39, 0.29) is 17.6 Å². The molecule has 1 N–H and O–H groups in total. The van der Waals surface area contributed by atoms with Gasteiger partial charge >= 0.3 is 0 Å². The van der Waals surface area contributed by atoms with Gasteiger partial charge in [-0.2, -0.15) is 0 Å². The van der Waals surface area contributed by atoms with E-state index >= 15 is 0 Å². The maximum atomic E-state index is 12.5. The number of aromatic nitrogens is 1. The fraction of sp³-hybridized carbons (Fsp3) is 0.267. The third-order valence-corrected chi connectivity index (χ3v) is 4.30. The summed E-state index contributed by atoms with van der Waals surface area (Å²) < 4.78 is 28.3. The Balaban J connectivity index is 1.59. The molecule has 1 aromatic heterocycles. The summed E-state index contributed by atoms with van der Waals surface area (Å²) >= 11 is 0. The molecule has 1 saturated heterocycles. The maximum absolute atomic E-state index is 12.5. The standard InChI is InChI=1S/C15H16N4O5S/c20-14(11-1-3-12(4-2-11)17-25(22)23)18-7-9-19(10-8-18)15(21)13-5-6-16-24-13/h1-6,25H,7-10H2,(H,17,22,23). The van der Waals surface area contributed by atoms with Crippen molar-refractivity contribution in [1.29, 1.82) is 0 Å². The highest BCUT2D eigenvalue weighted by molar-refractivity contribution is 7.73. The fourth-order valence-corrected chi connectivity index (χ4v) is 2.93. The lowest BCUT2D eigenvalue weighted by atomic mass is 10.1. The number of anilines is 1. The van der Waals surface area contributed by atoms with Crippen LogP contribution in [0.1, 0.15) is 20.9 Å². The molecule has 132 valence electrons. The zero-order chi connectivity index (χ0) is 17.8. The lowest BCUT2D eigenvalue weighted by Gasteiger charge is -2.34. The zero-order valence-corrected chi connectivity index (χ0v) is 14.0. The van der Waals surface area contributed by atoms with E-state index in [0.717, 1.165) is 0 Å². The van der Waals surface area contributed by atoms with Crippen molar-refractivity contribution in [2.75, 3.05) is 30.9 Å². The van der Waals surface area contributed by atoms with Crippen molar-refractivity contribution >= 4 is 28.4 Å². The second-order valence-electron chi connectivity index (χ2n) is 5.41. The first-order valence-corrected chi connectivity index (χ1v) is 8.72. The highest BCUT2D eigenvalue weighted by Gasteiger charge is 2.26. The molecule has 1 aliphatic rings. The van der Waals surface area contributed by atoms with E-state index in [9.17, 15) is 18.0 Å². The molecule has 25 heavy (non-hydrogen) atoms. The van der Waals surface area contributed by atoms with Gasteiger partial charge < -0.3 is 14.3 Å². The minimum Gasteiger partial charge on any atom is -0.351 e. The van der Waals surface area contributed by atoms with E-state index in [1.165, 1.54) is 24.4 Å². The third-order valence-electron chi connectivity index (χ3n) is 3.85. The van der Waals surface area contributed by atoms with Crippen molar-refractivity contribution in [2.45, 2.75) is 0 Å². The van der Waals surface area contributed by atoms with E-state index in [4.69, 9.17) is 4.52 Å². The molecular formula is C15H16N4O5S. The number of rotatable bonds is 4. The van der Waals surface area contributed by atoms with Gasteiger partial charge in [-0.25, -0.2) is 8.42 Å². The molecule has 0 aliphatic carbocycles. The molecule has 1 aliphatic heterocycles. The average Bonchev–Trinajstić information content (AvgIpc) is 3.15. The summed E-state index contributed by atoms with van der Waals surface area (Å²) in [6, 6.07) is 7.69. The van der Waals surface area contributed by atoms with Crippen molar-refractivity contribution in [3.63, 3.8) is 0 Å². The number of benzene rings is 1. The minimum absolute atomic E-state index is 0.162. The second kappa shape index (κ2) is 7.34. The Bertz CT molecular complexity index is 816. The van der Waals surface area contributed by atoms with Gasteiger partial charge in [0.2, 0.25) is 16.7 Å². The van der Waals surface area contributed by atoms with Crippen molar-refractivity contribution < 1.29 is 22.5 Å². The molecule has 0 unspecified atom stereocenters. The Morgan fingerprint density at radius 3 is 2.08 bits per heavy atom. The largest absolute Gasteiger partial charge is 0.351 e. The summed E-state index contributed by atoms with van der Waals surface area (Å²) in [4.78, 5) is 27.9. The summed E-state index contributed by atoms with van der Waals surface area (Å²) in [5.74, 6) is -0.226. The molecule has 2 heterocycles. The molecule has 0 bridgehead atoms. The van der Waals surface area contributed by atoms with Crippen LogP contribution in [-0.2, 0) is 10.9 Å². The molecular weight excluding hydrogens is 348 g/mol. The molecule has 0 spiro atoms. The molecule has 2 aromatic rings. The Labute approximate surface area is 145 Å². The fourth-order valence-electron chi connectivity index (χ4n) is 2.57. The Kier molecular flexibility index (Phi) is 4.98. The van der Waals surface area contributed by atoms with Gasteiger partial charge in [-0.3, -0.25) is 14.3 Å². The van der Waals surface area contributed by atoms with Gasteiger partial charge in [0.25, 0.3) is 11.8 Å². The smallest absolute Gasteiger partial charge is 0.292 e. The number of carbonyl (C=O) groups is 2. The van der Waals surface area contributed by atoms with Gasteiger partial charge in [0.15, 0.2) is 0 Å². The van der Waals surface area contributed by atoms with E-state index in [0.29, 0.717) is 37.4 Å². The Hall–Kier alpha value is -2.88. The van der Waals surface area contributed by atoms with E-state index in [1.807, 2.05) is 0 Å². The Morgan fingerprint density at radius 1 is 0.960 bits per heavy atom. The first-order valence-electron chi connectivity index (χ1n) is 7.55. The van der Waals surface area contributed by atoms with Crippen LogP contribution in [0.4, 0.5) is 5.69 Å². The number of nitrogens with zero attached hydrogens (tertiary/aromatic N) is 3. The Morgan fingerprint density at radius 2 is 1.56 bits per heavy atom. The van der Waals surface area contributed by atoms with E-state index in [2.05, 4.69) is 9.88 Å². The predicted octanol–water partition coefficient (Wildman–Crippen LogP) is 0.211. The van der Waals surface area contributed by atoms with Crippen molar-refractivity contribution in [3.8, 4) is 0 Å². The summed E-state index contributed by atoms with van der Waals surface area (Å²) in [6.45, 7) is 1.62. The molecule has 3 rings (SSSR count). The number of amides is 2. The van der Waals surface area contributed by atoms with Crippen molar-refractivity contribution in [1.82, 2.24) is 15.0 Å². The van der Waals surface area contributed by atoms with E-state index < -0.39 is 10.9 Å². The summed E-state index contributed by atoms with van der Waals surface area (Å²) in [6.07, 6.45) is 1.41.